The molecule has 1 N–H and O–H groups in total. The molecule has 20 heavy (non-hydrogen) atoms. The van der Waals surface area contributed by atoms with Gasteiger partial charge in [-0.3, -0.25) is 9.69 Å². The fourth-order valence-electron chi connectivity index (χ4n) is 3.12. The zero-order chi connectivity index (χ0) is 14.8. The van der Waals surface area contributed by atoms with Crippen LogP contribution in [0, 0.1) is 5.41 Å². The van der Waals surface area contributed by atoms with Gasteiger partial charge in [0.05, 0.1) is 9.20 Å². The fraction of sp³-hybridized carbons (Fsp3) is 0.667. The zero-order valence-electron chi connectivity index (χ0n) is 12.1. The summed E-state index contributed by atoms with van der Waals surface area (Å²) in [7, 11) is 0. The standard InChI is InChI=1S/C15H22BrNO2S/c1-3-6-15(14(18)19)7-9-17(10-8-15)11(2)12-4-5-13(16)20-12/h4-5,11H,3,6-10H2,1-2H3,(H,18,19). The Hall–Kier alpha value is -0.390. The molecule has 0 saturated carbocycles. The SMILES string of the molecule is CCCC1(C(=O)O)CCN(C(C)c2ccc(Br)s2)CC1. The lowest BCUT2D eigenvalue weighted by atomic mass is 9.75. The summed E-state index contributed by atoms with van der Waals surface area (Å²) in [4.78, 5) is 15.3. The molecular weight excluding hydrogens is 338 g/mol. The van der Waals surface area contributed by atoms with Crippen molar-refractivity contribution in [3.8, 4) is 0 Å². The molecule has 112 valence electrons. The van der Waals surface area contributed by atoms with Crippen LogP contribution in [-0.4, -0.2) is 29.1 Å². The van der Waals surface area contributed by atoms with Crippen LogP contribution in [0.2, 0.25) is 0 Å². The van der Waals surface area contributed by atoms with E-state index in [1.54, 1.807) is 11.3 Å². The molecule has 0 radical (unpaired) electrons. The van der Waals surface area contributed by atoms with E-state index in [4.69, 9.17) is 0 Å². The molecule has 2 rings (SSSR count). The fourth-order valence-corrected chi connectivity index (χ4v) is 4.63. The largest absolute Gasteiger partial charge is 0.481 e. The summed E-state index contributed by atoms with van der Waals surface area (Å²) in [5, 5.41) is 9.54. The number of carboxylic acids is 1. The Morgan fingerprint density at radius 3 is 2.60 bits per heavy atom. The molecule has 0 spiro atoms. The summed E-state index contributed by atoms with van der Waals surface area (Å²) >= 11 is 5.27. The van der Waals surface area contributed by atoms with Gasteiger partial charge in [0, 0.05) is 10.9 Å². The summed E-state index contributed by atoms with van der Waals surface area (Å²) < 4.78 is 1.15. The van der Waals surface area contributed by atoms with E-state index in [0.717, 1.165) is 42.6 Å². The molecule has 1 aromatic heterocycles. The van der Waals surface area contributed by atoms with Crippen molar-refractivity contribution < 1.29 is 9.90 Å². The lowest BCUT2D eigenvalue weighted by molar-refractivity contribution is -0.153. The van der Waals surface area contributed by atoms with Crippen molar-refractivity contribution in [3.63, 3.8) is 0 Å². The molecule has 1 aromatic rings. The Balaban J connectivity index is 2.01. The average molecular weight is 360 g/mol. The minimum absolute atomic E-state index is 0.375. The molecule has 1 atom stereocenters. The van der Waals surface area contributed by atoms with E-state index in [0.29, 0.717) is 6.04 Å². The zero-order valence-corrected chi connectivity index (χ0v) is 14.5. The molecule has 3 nitrogen and oxygen atoms in total. The van der Waals surface area contributed by atoms with Gasteiger partial charge in [0.15, 0.2) is 0 Å². The minimum Gasteiger partial charge on any atom is -0.481 e. The van der Waals surface area contributed by atoms with E-state index < -0.39 is 11.4 Å². The molecule has 1 aliphatic heterocycles. The van der Waals surface area contributed by atoms with Crippen molar-refractivity contribution in [3.05, 3.63) is 20.8 Å². The van der Waals surface area contributed by atoms with Gasteiger partial charge in [-0.1, -0.05) is 13.3 Å². The molecule has 0 aliphatic carbocycles. The van der Waals surface area contributed by atoms with Crippen LogP contribution in [0.4, 0.5) is 0 Å². The van der Waals surface area contributed by atoms with Crippen molar-refractivity contribution in [1.29, 1.82) is 0 Å². The molecule has 1 fully saturated rings. The van der Waals surface area contributed by atoms with E-state index in [1.807, 2.05) is 0 Å². The normalized spacial score (nSPS) is 20.8. The number of piperidine rings is 1. The van der Waals surface area contributed by atoms with Crippen molar-refractivity contribution in [2.75, 3.05) is 13.1 Å². The first-order valence-corrected chi connectivity index (χ1v) is 8.82. The Morgan fingerprint density at radius 1 is 1.50 bits per heavy atom. The Kier molecular flexibility index (Phi) is 5.26. The van der Waals surface area contributed by atoms with Gasteiger partial charge in [-0.05, 0) is 67.3 Å². The van der Waals surface area contributed by atoms with Gasteiger partial charge in [0.2, 0.25) is 0 Å². The maximum Gasteiger partial charge on any atom is 0.309 e. The van der Waals surface area contributed by atoms with Gasteiger partial charge in [-0.25, -0.2) is 0 Å². The number of thiophene rings is 1. The van der Waals surface area contributed by atoms with Crippen LogP contribution in [0.5, 0.6) is 0 Å². The molecule has 1 unspecified atom stereocenters. The second kappa shape index (κ2) is 6.58. The number of hydrogen-bond acceptors (Lipinski definition) is 3. The summed E-state index contributed by atoms with van der Waals surface area (Å²) in [6, 6.07) is 4.61. The summed E-state index contributed by atoms with van der Waals surface area (Å²) in [5.74, 6) is -0.606. The average Bonchev–Trinajstić information content (AvgIpc) is 2.85. The molecular formula is C15H22BrNO2S. The number of nitrogens with zero attached hydrogens (tertiary/aromatic N) is 1. The van der Waals surface area contributed by atoms with E-state index >= 15 is 0 Å². The molecule has 1 aliphatic rings. The van der Waals surface area contributed by atoms with Gasteiger partial charge in [-0.2, -0.15) is 0 Å². The number of rotatable bonds is 5. The van der Waals surface area contributed by atoms with Gasteiger partial charge < -0.3 is 5.11 Å². The molecule has 0 amide bonds. The summed E-state index contributed by atoms with van der Waals surface area (Å²) in [5.41, 5.74) is -0.485. The van der Waals surface area contributed by atoms with Crippen LogP contribution < -0.4 is 0 Å². The van der Waals surface area contributed by atoms with Crippen molar-refractivity contribution in [2.24, 2.45) is 5.41 Å². The first-order chi connectivity index (χ1) is 9.48. The Bertz CT molecular complexity index is 466. The van der Waals surface area contributed by atoms with Crippen LogP contribution in [0.15, 0.2) is 15.9 Å². The minimum atomic E-state index is -0.606. The Morgan fingerprint density at radius 2 is 2.15 bits per heavy atom. The van der Waals surface area contributed by atoms with E-state index in [9.17, 15) is 9.90 Å². The maximum atomic E-state index is 11.6. The van der Waals surface area contributed by atoms with Gasteiger partial charge in [-0.15, -0.1) is 11.3 Å². The second-order valence-corrected chi connectivity index (χ2v) is 8.18. The van der Waals surface area contributed by atoms with Gasteiger partial charge in [0.1, 0.15) is 0 Å². The number of likely N-dealkylation sites (tertiary alicyclic amines) is 1. The molecule has 0 bridgehead atoms. The quantitative estimate of drug-likeness (QED) is 0.838. The monoisotopic (exact) mass is 359 g/mol. The van der Waals surface area contributed by atoms with Gasteiger partial charge >= 0.3 is 5.97 Å². The van der Waals surface area contributed by atoms with Crippen LogP contribution in [0.1, 0.15) is 50.4 Å². The number of hydrogen-bond donors (Lipinski definition) is 1. The predicted octanol–water partition coefficient (Wildman–Crippen LogP) is 4.54. The molecule has 5 heteroatoms. The highest BCUT2D eigenvalue weighted by Crippen LogP contribution is 2.40. The van der Waals surface area contributed by atoms with Crippen LogP contribution in [0.3, 0.4) is 0 Å². The van der Waals surface area contributed by atoms with Gasteiger partial charge in [0.25, 0.3) is 0 Å². The highest BCUT2D eigenvalue weighted by molar-refractivity contribution is 9.11. The first-order valence-electron chi connectivity index (χ1n) is 7.21. The predicted molar refractivity (Wildman–Crippen MR) is 86.2 cm³/mol. The number of carbonyl (C=O) groups is 1. The highest BCUT2D eigenvalue weighted by atomic mass is 79.9. The molecule has 1 saturated heterocycles. The van der Waals surface area contributed by atoms with Crippen LogP contribution in [-0.2, 0) is 4.79 Å². The number of aliphatic carboxylic acids is 1. The van der Waals surface area contributed by atoms with E-state index in [1.165, 1.54) is 4.88 Å². The third-order valence-electron chi connectivity index (χ3n) is 4.49. The highest BCUT2D eigenvalue weighted by Gasteiger charge is 2.41. The Labute approximate surface area is 133 Å². The maximum absolute atomic E-state index is 11.6. The van der Waals surface area contributed by atoms with E-state index in [-0.39, 0.29) is 0 Å². The lowest BCUT2D eigenvalue weighted by Gasteiger charge is -2.41. The first kappa shape index (κ1) is 16.0. The van der Waals surface area contributed by atoms with Crippen molar-refractivity contribution in [2.45, 2.75) is 45.6 Å². The van der Waals surface area contributed by atoms with Crippen LogP contribution >= 0.6 is 27.3 Å². The number of carboxylic acid groups (broad SMARTS) is 1. The molecule has 2 heterocycles. The smallest absolute Gasteiger partial charge is 0.309 e. The topological polar surface area (TPSA) is 40.5 Å². The lowest BCUT2D eigenvalue weighted by Crippen LogP contribution is -2.45. The second-order valence-electron chi connectivity index (χ2n) is 5.69. The summed E-state index contributed by atoms with van der Waals surface area (Å²) in [6.07, 6.45) is 3.29. The third kappa shape index (κ3) is 3.26. The third-order valence-corrected chi connectivity index (χ3v) is 6.28. The van der Waals surface area contributed by atoms with Crippen molar-refractivity contribution >= 4 is 33.2 Å². The van der Waals surface area contributed by atoms with Crippen LogP contribution in [0.25, 0.3) is 0 Å². The number of halogens is 1. The van der Waals surface area contributed by atoms with E-state index in [2.05, 4.69) is 46.8 Å². The molecule has 0 aromatic carbocycles. The van der Waals surface area contributed by atoms with Crippen molar-refractivity contribution in [1.82, 2.24) is 4.90 Å². The summed E-state index contributed by atoms with van der Waals surface area (Å²) in [6.45, 7) is 6.04.